The second-order valence-corrected chi connectivity index (χ2v) is 5.72. The predicted molar refractivity (Wildman–Crippen MR) is 80.1 cm³/mol. The van der Waals surface area contributed by atoms with Crippen LogP contribution in [0.15, 0.2) is 0 Å². The molecule has 2 fully saturated rings. The van der Waals surface area contributed by atoms with E-state index in [9.17, 15) is 9.59 Å². The Morgan fingerprint density at radius 2 is 1.52 bits per heavy atom. The summed E-state index contributed by atoms with van der Waals surface area (Å²) in [5, 5.41) is 0. The summed E-state index contributed by atoms with van der Waals surface area (Å²) in [7, 11) is 0. The van der Waals surface area contributed by atoms with Crippen LogP contribution in [-0.2, 0) is 9.53 Å². The van der Waals surface area contributed by atoms with Crippen molar-refractivity contribution in [2.24, 2.45) is 0 Å². The first-order valence-corrected chi connectivity index (χ1v) is 8.12. The first-order chi connectivity index (χ1) is 10.2. The summed E-state index contributed by atoms with van der Waals surface area (Å²) in [6.07, 6.45) is 4.16. The molecule has 2 aliphatic rings. The fourth-order valence-electron chi connectivity index (χ4n) is 2.95. The van der Waals surface area contributed by atoms with E-state index in [1.807, 2.05) is 4.90 Å². The third-order valence-corrected chi connectivity index (χ3v) is 4.25. The van der Waals surface area contributed by atoms with Crippen molar-refractivity contribution in [1.82, 2.24) is 14.7 Å². The summed E-state index contributed by atoms with van der Waals surface area (Å²) in [5.41, 5.74) is 0. The number of likely N-dealkylation sites (tertiary alicyclic amines) is 1. The molecular formula is C15H27N3O3. The Hall–Kier alpha value is -1.30. The van der Waals surface area contributed by atoms with E-state index in [4.69, 9.17) is 4.74 Å². The average Bonchev–Trinajstić information content (AvgIpc) is 2.54. The molecule has 0 N–H and O–H groups in total. The molecule has 6 heteroatoms. The smallest absolute Gasteiger partial charge is 0.409 e. The molecule has 0 aromatic carbocycles. The van der Waals surface area contributed by atoms with Crippen molar-refractivity contribution >= 4 is 12.0 Å². The number of nitrogens with zero attached hydrogens (tertiary/aromatic N) is 3. The Morgan fingerprint density at radius 1 is 0.905 bits per heavy atom. The molecule has 2 saturated heterocycles. The molecule has 0 aromatic heterocycles. The molecule has 21 heavy (non-hydrogen) atoms. The molecule has 0 unspecified atom stereocenters. The third-order valence-electron chi connectivity index (χ3n) is 4.25. The lowest BCUT2D eigenvalue weighted by molar-refractivity contribution is -0.133. The van der Waals surface area contributed by atoms with Crippen molar-refractivity contribution in [2.75, 3.05) is 52.4 Å². The van der Waals surface area contributed by atoms with Gasteiger partial charge in [-0.25, -0.2) is 4.79 Å². The highest BCUT2D eigenvalue weighted by Gasteiger charge is 2.24. The molecule has 2 amide bonds. The van der Waals surface area contributed by atoms with Crippen LogP contribution >= 0.6 is 0 Å². The van der Waals surface area contributed by atoms with Gasteiger partial charge < -0.3 is 19.4 Å². The molecule has 0 saturated carbocycles. The van der Waals surface area contributed by atoms with E-state index in [0.29, 0.717) is 39.2 Å². The second kappa shape index (κ2) is 8.22. The van der Waals surface area contributed by atoms with Gasteiger partial charge in [0.15, 0.2) is 0 Å². The molecular weight excluding hydrogens is 270 g/mol. The van der Waals surface area contributed by atoms with E-state index >= 15 is 0 Å². The quantitative estimate of drug-likeness (QED) is 0.781. The molecule has 0 aromatic rings. The normalized spacial score (nSPS) is 20.4. The summed E-state index contributed by atoms with van der Waals surface area (Å²) < 4.78 is 4.98. The van der Waals surface area contributed by atoms with E-state index in [2.05, 4.69) is 4.90 Å². The number of piperidine rings is 1. The van der Waals surface area contributed by atoms with Crippen molar-refractivity contribution in [3.8, 4) is 0 Å². The Balaban J connectivity index is 1.66. The highest BCUT2D eigenvalue weighted by Crippen LogP contribution is 2.10. The summed E-state index contributed by atoms with van der Waals surface area (Å²) >= 11 is 0. The fourth-order valence-corrected chi connectivity index (χ4v) is 2.95. The van der Waals surface area contributed by atoms with Crippen molar-refractivity contribution < 1.29 is 14.3 Å². The standard InChI is InChI=1S/C15H27N3O3/c1-2-21-15(20)18-12-10-17(11-13-18)14(19)6-9-16-7-4-3-5-8-16/h2-13H2,1H3. The lowest BCUT2D eigenvalue weighted by Gasteiger charge is -2.34. The first kappa shape index (κ1) is 16.1. The number of amides is 2. The van der Waals surface area contributed by atoms with E-state index in [1.54, 1.807) is 11.8 Å². The maximum Gasteiger partial charge on any atom is 0.409 e. The van der Waals surface area contributed by atoms with Crippen LogP contribution in [0.1, 0.15) is 32.6 Å². The van der Waals surface area contributed by atoms with Crippen LogP contribution in [0.5, 0.6) is 0 Å². The SMILES string of the molecule is CCOC(=O)N1CCN(C(=O)CCN2CCCCC2)CC1. The number of piperazine rings is 1. The van der Waals surface area contributed by atoms with Crippen molar-refractivity contribution in [3.05, 3.63) is 0 Å². The van der Waals surface area contributed by atoms with Gasteiger partial charge in [0, 0.05) is 39.1 Å². The molecule has 0 bridgehead atoms. The van der Waals surface area contributed by atoms with E-state index in [-0.39, 0.29) is 12.0 Å². The van der Waals surface area contributed by atoms with Gasteiger partial charge in [-0.1, -0.05) is 6.42 Å². The van der Waals surface area contributed by atoms with E-state index in [0.717, 1.165) is 19.6 Å². The molecule has 0 spiro atoms. The highest BCUT2D eigenvalue weighted by molar-refractivity contribution is 5.77. The Morgan fingerprint density at radius 3 is 2.14 bits per heavy atom. The zero-order valence-electron chi connectivity index (χ0n) is 13.1. The third kappa shape index (κ3) is 4.88. The number of carbonyl (C=O) groups is 2. The highest BCUT2D eigenvalue weighted by atomic mass is 16.6. The van der Waals surface area contributed by atoms with Gasteiger partial charge >= 0.3 is 6.09 Å². The molecule has 0 radical (unpaired) electrons. The summed E-state index contributed by atoms with van der Waals surface area (Å²) in [6.45, 7) is 7.73. The maximum absolute atomic E-state index is 12.2. The van der Waals surface area contributed by atoms with Crippen LogP contribution in [-0.4, -0.2) is 79.1 Å². The number of carbonyl (C=O) groups excluding carboxylic acids is 2. The topological polar surface area (TPSA) is 53.1 Å². The zero-order chi connectivity index (χ0) is 15.1. The first-order valence-electron chi connectivity index (χ1n) is 8.12. The number of rotatable bonds is 4. The number of hydrogen-bond donors (Lipinski definition) is 0. The zero-order valence-corrected chi connectivity index (χ0v) is 13.1. The minimum Gasteiger partial charge on any atom is -0.450 e. The van der Waals surface area contributed by atoms with Gasteiger partial charge in [-0.3, -0.25) is 4.79 Å². The molecule has 0 atom stereocenters. The lowest BCUT2D eigenvalue weighted by Crippen LogP contribution is -2.51. The average molecular weight is 297 g/mol. The number of hydrogen-bond acceptors (Lipinski definition) is 4. The van der Waals surface area contributed by atoms with Gasteiger partial charge in [0.05, 0.1) is 6.61 Å². The van der Waals surface area contributed by atoms with Gasteiger partial charge in [-0.15, -0.1) is 0 Å². The molecule has 2 rings (SSSR count). The van der Waals surface area contributed by atoms with Crippen LogP contribution < -0.4 is 0 Å². The second-order valence-electron chi connectivity index (χ2n) is 5.72. The van der Waals surface area contributed by atoms with Crippen LogP contribution in [0.2, 0.25) is 0 Å². The largest absolute Gasteiger partial charge is 0.450 e. The van der Waals surface area contributed by atoms with Crippen LogP contribution in [0.4, 0.5) is 4.79 Å². The van der Waals surface area contributed by atoms with Crippen LogP contribution in [0, 0.1) is 0 Å². The molecule has 6 nitrogen and oxygen atoms in total. The lowest BCUT2D eigenvalue weighted by atomic mass is 10.1. The van der Waals surface area contributed by atoms with Crippen LogP contribution in [0.3, 0.4) is 0 Å². The van der Waals surface area contributed by atoms with Gasteiger partial charge in [-0.2, -0.15) is 0 Å². The van der Waals surface area contributed by atoms with Gasteiger partial charge in [-0.05, 0) is 32.9 Å². The van der Waals surface area contributed by atoms with Gasteiger partial charge in [0.2, 0.25) is 5.91 Å². The molecule has 120 valence electrons. The molecule has 2 aliphatic heterocycles. The Kier molecular flexibility index (Phi) is 6.29. The number of ether oxygens (including phenoxy) is 1. The monoisotopic (exact) mass is 297 g/mol. The Bertz CT molecular complexity index is 348. The summed E-state index contributed by atoms with van der Waals surface area (Å²) in [6, 6.07) is 0. The maximum atomic E-state index is 12.2. The van der Waals surface area contributed by atoms with E-state index in [1.165, 1.54) is 19.3 Å². The van der Waals surface area contributed by atoms with Crippen molar-refractivity contribution in [3.63, 3.8) is 0 Å². The molecule has 0 aliphatic carbocycles. The van der Waals surface area contributed by atoms with E-state index < -0.39 is 0 Å². The minimum absolute atomic E-state index is 0.212. The summed E-state index contributed by atoms with van der Waals surface area (Å²) in [5.74, 6) is 0.212. The van der Waals surface area contributed by atoms with Crippen LogP contribution in [0.25, 0.3) is 0 Å². The fraction of sp³-hybridized carbons (Fsp3) is 0.867. The van der Waals surface area contributed by atoms with Crippen molar-refractivity contribution in [1.29, 1.82) is 0 Å². The predicted octanol–water partition coefficient (Wildman–Crippen LogP) is 1.16. The molecule has 2 heterocycles. The van der Waals surface area contributed by atoms with Gasteiger partial charge in [0.25, 0.3) is 0 Å². The minimum atomic E-state index is -0.266. The Labute approximate surface area is 127 Å². The van der Waals surface area contributed by atoms with Crippen molar-refractivity contribution in [2.45, 2.75) is 32.6 Å². The summed E-state index contributed by atoms with van der Waals surface area (Å²) in [4.78, 5) is 29.7. The van der Waals surface area contributed by atoms with Gasteiger partial charge in [0.1, 0.15) is 0 Å².